The maximum atomic E-state index is 13.5. The first-order valence-electron chi connectivity index (χ1n) is 9.33. The zero-order valence-corrected chi connectivity index (χ0v) is 16.2. The predicted molar refractivity (Wildman–Crippen MR) is 104 cm³/mol. The van der Waals surface area contributed by atoms with Gasteiger partial charge in [-0.1, -0.05) is 12.1 Å². The number of hydrogen-bond acceptors (Lipinski definition) is 4. The standard InChI is InChI=1S/C21H25FN4O2/c1-15-12-23-7-6-17(15)14-25(2)20(27)11-19-21(28)24-8-9-26(19)13-16-4-3-5-18(22)10-16/h3-7,10,12,19H,8-9,11,13-14H2,1-2H3,(H,24,28). The minimum atomic E-state index is -0.564. The van der Waals surface area contributed by atoms with E-state index in [0.717, 1.165) is 16.7 Å². The van der Waals surface area contributed by atoms with E-state index in [4.69, 9.17) is 0 Å². The van der Waals surface area contributed by atoms with Crippen molar-refractivity contribution in [1.82, 2.24) is 20.1 Å². The third-order valence-corrected chi connectivity index (χ3v) is 5.05. The normalized spacial score (nSPS) is 17.2. The van der Waals surface area contributed by atoms with Gasteiger partial charge in [0, 0.05) is 45.6 Å². The maximum absolute atomic E-state index is 13.5. The number of rotatable bonds is 6. The lowest BCUT2D eigenvalue weighted by atomic mass is 10.1. The molecule has 148 valence electrons. The Hall–Kier alpha value is -2.80. The van der Waals surface area contributed by atoms with Crippen LogP contribution in [0.4, 0.5) is 4.39 Å². The molecule has 7 heteroatoms. The van der Waals surface area contributed by atoms with Crippen LogP contribution in [0, 0.1) is 12.7 Å². The molecule has 28 heavy (non-hydrogen) atoms. The summed E-state index contributed by atoms with van der Waals surface area (Å²) in [6.45, 7) is 3.98. The average molecular weight is 384 g/mol. The van der Waals surface area contributed by atoms with Crippen molar-refractivity contribution in [3.63, 3.8) is 0 Å². The molecule has 2 heterocycles. The van der Waals surface area contributed by atoms with Gasteiger partial charge in [0.25, 0.3) is 0 Å². The van der Waals surface area contributed by atoms with Crippen LogP contribution in [0.5, 0.6) is 0 Å². The van der Waals surface area contributed by atoms with Crippen molar-refractivity contribution in [1.29, 1.82) is 0 Å². The van der Waals surface area contributed by atoms with Crippen LogP contribution in [-0.4, -0.2) is 52.8 Å². The summed E-state index contributed by atoms with van der Waals surface area (Å²) in [5.41, 5.74) is 2.83. The predicted octanol–water partition coefficient (Wildman–Crippen LogP) is 1.88. The van der Waals surface area contributed by atoms with Crippen LogP contribution < -0.4 is 5.32 Å². The monoisotopic (exact) mass is 384 g/mol. The number of nitrogens with zero attached hydrogens (tertiary/aromatic N) is 3. The minimum Gasteiger partial charge on any atom is -0.353 e. The molecule has 1 unspecified atom stereocenters. The molecular weight excluding hydrogens is 359 g/mol. The molecule has 1 N–H and O–H groups in total. The number of hydrogen-bond donors (Lipinski definition) is 1. The van der Waals surface area contributed by atoms with Gasteiger partial charge in [0.05, 0.1) is 12.5 Å². The first-order valence-corrected chi connectivity index (χ1v) is 9.33. The van der Waals surface area contributed by atoms with Gasteiger partial charge in [-0.15, -0.1) is 0 Å². The molecule has 1 atom stereocenters. The highest BCUT2D eigenvalue weighted by atomic mass is 19.1. The van der Waals surface area contributed by atoms with Gasteiger partial charge in [-0.2, -0.15) is 0 Å². The van der Waals surface area contributed by atoms with Gasteiger partial charge >= 0.3 is 0 Å². The van der Waals surface area contributed by atoms with Gasteiger partial charge in [0.1, 0.15) is 5.82 Å². The van der Waals surface area contributed by atoms with Gasteiger partial charge in [-0.3, -0.25) is 19.5 Å². The lowest BCUT2D eigenvalue weighted by molar-refractivity contribution is -0.138. The minimum absolute atomic E-state index is 0.0851. The average Bonchev–Trinajstić information content (AvgIpc) is 2.66. The first kappa shape index (κ1) is 19.9. The van der Waals surface area contributed by atoms with Crippen molar-refractivity contribution in [2.24, 2.45) is 0 Å². The molecule has 1 aliphatic rings. The van der Waals surface area contributed by atoms with E-state index in [1.807, 2.05) is 24.0 Å². The molecule has 1 aliphatic heterocycles. The van der Waals surface area contributed by atoms with Crippen molar-refractivity contribution < 1.29 is 14.0 Å². The van der Waals surface area contributed by atoms with E-state index in [2.05, 4.69) is 10.3 Å². The van der Waals surface area contributed by atoms with Crippen LogP contribution >= 0.6 is 0 Å². The third kappa shape index (κ3) is 4.92. The zero-order valence-electron chi connectivity index (χ0n) is 16.2. The van der Waals surface area contributed by atoms with E-state index in [9.17, 15) is 14.0 Å². The van der Waals surface area contributed by atoms with Gasteiger partial charge in [0.2, 0.25) is 11.8 Å². The summed E-state index contributed by atoms with van der Waals surface area (Å²) >= 11 is 0. The summed E-state index contributed by atoms with van der Waals surface area (Å²) in [4.78, 5) is 32.8. The molecule has 3 rings (SSSR count). The lowest BCUT2D eigenvalue weighted by Crippen LogP contribution is -2.56. The SMILES string of the molecule is Cc1cnccc1CN(C)C(=O)CC1C(=O)NCCN1Cc1cccc(F)c1. The zero-order chi connectivity index (χ0) is 20.1. The van der Waals surface area contributed by atoms with Crippen LogP contribution in [0.15, 0.2) is 42.7 Å². The maximum Gasteiger partial charge on any atom is 0.237 e. The van der Waals surface area contributed by atoms with Crippen LogP contribution in [0.1, 0.15) is 23.1 Å². The number of pyridine rings is 1. The number of amides is 2. The summed E-state index contributed by atoms with van der Waals surface area (Å²) in [6.07, 6.45) is 3.56. The number of aromatic nitrogens is 1. The van der Waals surface area contributed by atoms with Crippen LogP contribution in [-0.2, 0) is 22.7 Å². The summed E-state index contributed by atoms with van der Waals surface area (Å²) in [7, 11) is 1.74. The number of benzene rings is 1. The Kier molecular flexibility index (Phi) is 6.36. The highest BCUT2D eigenvalue weighted by Gasteiger charge is 2.32. The smallest absolute Gasteiger partial charge is 0.237 e. The Morgan fingerprint density at radius 1 is 1.39 bits per heavy atom. The summed E-state index contributed by atoms with van der Waals surface area (Å²) in [5.74, 6) is -0.578. The van der Waals surface area contributed by atoms with Crippen LogP contribution in [0.25, 0.3) is 0 Å². The first-order chi connectivity index (χ1) is 13.4. The second-order valence-electron chi connectivity index (χ2n) is 7.16. The van der Waals surface area contributed by atoms with E-state index in [1.54, 1.807) is 30.4 Å². The number of piperazine rings is 1. The highest BCUT2D eigenvalue weighted by molar-refractivity contribution is 5.88. The van der Waals surface area contributed by atoms with E-state index >= 15 is 0 Å². The quantitative estimate of drug-likeness (QED) is 0.826. The lowest BCUT2D eigenvalue weighted by Gasteiger charge is -2.35. The number of aryl methyl sites for hydroxylation is 1. The van der Waals surface area contributed by atoms with Crippen LogP contribution in [0.2, 0.25) is 0 Å². The molecule has 2 aromatic rings. The van der Waals surface area contributed by atoms with Crippen molar-refractivity contribution in [2.45, 2.75) is 32.5 Å². The fraction of sp³-hybridized carbons (Fsp3) is 0.381. The van der Waals surface area contributed by atoms with Crippen LogP contribution in [0.3, 0.4) is 0 Å². The van der Waals surface area contributed by atoms with Crippen molar-refractivity contribution >= 4 is 11.8 Å². The number of nitrogens with one attached hydrogen (secondary N) is 1. The Labute approximate surface area is 164 Å². The largest absolute Gasteiger partial charge is 0.353 e. The third-order valence-electron chi connectivity index (χ3n) is 5.05. The summed E-state index contributed by atoms with van der Waals surface area (Å²) in [6, 6.07) is 7.66. The topological polar surface area (TPSA) is 65.5 Å². The molecular formula is C21H25FN4O2. The molecule has 6 nitrogen and oxygen atoms in total. The molecule has 2 amide bonds. The number of halogens is 1. The summed E-state index contributed by atoms with van der Waals surface area (Å²) in [5, 5.41) is 2.83. The van der Waals surface area contributed by atoms with E-state index in [1.165, 1.54) is 12.1 Å². The Morgan fingerprint density at radius 3 is 2.96 bits per heavy atom. The number of carbonyl (C=O) groups excluding carboxylic acids is 2. The molecule has 0 spiro atoms. The van der Waals surface area contributed by atoms with Gasteiger partial charge in [-0.25, -0.2) is 4.39 Å². The number of carbonyl (C=O) groups is 2. The summed E-state index contributed by atoms with van der Waals surface area (Å²) < 4.78 is 13.5. The van der Waals surface area contributed by atoms with E-state index in [0.29, 0.717) is 26.2 Å². The molecule has 0 radical (unpaired) electrons. The van der Waals surface area contributed by atoms with Crippen molar-refractivity contribution in [2.75, 3.05) is 20.1 Å². The molecule has 1 aromatic heterocycles. The Bertz CT molecular complexity index is 858. The molecule has 1 saturated heterocycles. The van der Waals surface area contributed by atoms with Gasteiger partial charge in [-0.05, 0) is 41.8 Å². The van der Waals surface area contributed by atoms with Gasteiger partial charge < -0.3 is 10.2 Å². The molecule has 0 bridgehead atoms. The molecule has 0 aliphatic carbocycles. The fourth-order valence-corrected chi connectivity index (χ4v) is 3.39. The van der Waals surface area contributed by atoms with E-state index in [-0.39, 0.29) is 24.1 Å². The Balaban J connectivity index is 1.67. The Morgan fingerprint density at radius 2 is 2.21 bits per heavy atom. The van der Waals surface area contributed by atoms with Crippen molar-refractivity contribution in [3.8, 4) is 0 Å². The van der Waals surface area contributed by atoms with Crippen molar-refractivity contribution in [3.05, 3.63) is 65.2 Å². The molecule has 1 fully saturated rings. The van der Waals surface area contributed by atoms with Gasteiger partial charge in [0.15, 0.2) is 0 Å². The fourth-order valence-electron chi connectivity index (χ4n) is 3.39. The molecule has 0 saturated carbocycles. The second-order valence-corrected chi connectivity index (χ2v) is 7.16. The van der Waals surface area contributed by atoms with E-state index < -0.39 is 6.04 Å². The molecule has 1 aromatic carbocycles. The highest BCUT2D eigenvalue weighted by Crippen LogP contribution is 2.17. The second kappa shape index (κ2) is 8.93.